The number of hydrogen-bond acceptors (Lipinski definition) is 5. The number of benzene rings is 2. The Morgan fingerprint density at radius 3 is 2.76 bits per heavy atom. The second-order valence-corrected chi connectivity index (χ2v) is 10.7. The molecule has 1 fully saturated rings. The highest BCUT2D eigenvalue weighted by atomic mass is 35.5. The SMILES string of the molecule is CCNC(=O)[C@@H]1CCCN1S(=O)(=O)c1ccc(Cl)c(COc2cccc3ccc(C)nc23)c1Cl. The number of likely N-dealkylation sites (N-methyl/N-ethyl adjacent to an activating group) is 1. The molecule has 0 unspecified atom stereocenters. The van der Waals surface area contributed by atoms with Crippen LogP contribution < -0.4 is 10.1 Å². The number of rotatable bonds is 7. The summed E-state index contributed by atoms with van der Waals surface area (Å²) in [5, 5.41) is 3.90. The van der Waals surface area contributed by atoms with Crippen LogP contribution in [-0.2, 0) is 21.4 Å². The van der Waals surface area contributed by atoms with Gasteiger partial charge in [-0.1, -0.05) is 41.4 Å². The molecule has 180 valence electrons. The molecule has 10 heteroatoms. The molecule has 0 spiro atoms. The lowest BCUT2D eigenvalue weighted by Gasteiger charge is -2.24. The smallest absolute Gasteiger partial charge is 0.245 e. The van der Waals surface area contributed by atoms with Crippen LogP contribution in [0.4, 0.5) is 0 Å². The van der Waals surface area contributed by atoms with Crippen molar-refractivity contribution in [3.05, 3.63) is 63.8 Å². The molecule has 0 saturated carbocycles. The fraction of sp³-hybridized carbons (Fsp3) is 0.333. The van der Waals surface area contributed by atoms with Gasteiger partial charge in [0.05, 0.1) is 5.02 Å². The largest absolute Gasteiger partial charge is 0.487 e. The molecule has 0 bridgehead atoms. The third-order valence-corrected chi connectivity index (χ3v) is 8.64. The zero-order valence-electron chi connectivity index (χ0n) is 18.8. The van der Waals surface area contributed by atoms with Gasteiger partial charge in [0.25, 0.3) is 0 Å². The lowest BCUT2D eigenvalue weighted by Crippen LogP contribution is -2.45. The van der Waals surface area contributed by atoms with Gasteiger partial charge in [0.1, 0.15) is 28.8 Å². The van der Waals surface area contributed by atoms with Gasteiger partial charge in [-0.2, -0.15) is 4.31 Å². The van der Waals surface area contributed by atoms with Crippen LogP contribution in [0.5, 0.6) is 5.75 Å². The molecule has 1 aromatic heterocycles. The number of nitrogens with zero attached hydrogens (tertiary/aromatic N) is 2. The number of aryl methyl sites for hydroxylation is 1. The molecule has 1 aliphatic heterocycles. The molecule has 3 aromatic rings. The first-order chi connectivity index (χ1) is 16.2. The number of halogens is 2. The number of sulfonamides is 1. The van der Waals surface area contributed by atoms with E-state index in [1.165, 1.54) is 16.4 Å². The molecule has 0 aliphatic carbocycles. The second-order valence-electron chi connectivity index (χ2n) is 8.08. The number of para-hydroxylation sites is 1. The van der Waals surface area contributed by atoms with Crippen LogP contribution in [0, 0.1) is 6.92 Å². The van der Waals surface area contributed by atoms with Gasteiger partial charge in [-0.3, -0.25) is 4.79 Å². The van der Waals surface area contributed by atoms with E-state index in [0.29, 0.717) is 36.2 Å². The summed E-state index contributed by atoms with van der Waals surface area (Å²) in [6, 6.07) is 11.6. The minimum Gasteiger partial charge on any atom is -0.487 e. The Labute approximate surface area is 209 Å². The Balaban J connectivity index is 1.65. The first kappa shape index (κ1) is 24.7. The number of nitrogens with one attached hydrogen (secondary N) is 1. The Morgan fingerprint density at radius 2 is 2.00 bits per heavy atom. The van der Waals surface area contributed by atoms with Gasteiger partial charge in [0, 0.05) is 34.8 Å². The van der Waals surface area contributed by atoms with Crippen LogP contribution in [0.15, 0.2) is 47.4 Å². The van der Waals surface area contributed by atoms with Crippen molar-refractivity contribution in [2.75, 3.05) is 13.1 Å². The number of fused-ring (bicyclic) bond motifs is 1. The van der Waals surface area contributed by atoms with E-state index in [1.807, 2.05) is 31.2 Å². The van der Waals surface area contributed by atoms with Crippen LogP contribution in [-0.4, -0.2) is 42.7 Å². The van der Waals surface area contributed by atoms with Crippen LogP contribution in [0.2, 0.25) is 10.0 Å². The van der Waals surface area contributed by atoms with E-state index < -0.39 is 16.1 Å². The van der Waals surface area contributed by atoms with Gasteiger partial charge in [-0.15, -0.1) is 0 Å². The lowest BCUT2D eigenvalue weighted by atomic mass is 10.2. The first-order valence-electron chi connectivity index (χ1n) is 11.0. The molecule has 7 nitrogen and oxygen atoms in total. The normalized spacial score (nSPS) is 16.6. The van der Waals surface area contributed by atoms with Crippen LogP contribution in [0.25, 0.3) is 10.9 Å². The predicted octanol–water partition coefficient (Wildman–Crippen LogP) is 4.72. The van der Waals surface area contributed by atoms with Crippen molar-refractivity contribution >= 4 is 50.0 Å². The molecule has 2 aromatic carbocycles. The molecular weight excluding hydrogens is 497 g/mol. The minimum absolute atomic E-state index is 0.0153. The fourth-order valence-corrected chi connectivity index (χ4v) is 6.62. The summed E-state index contributed by atoms with van der Waals surface area (Å²) >= 11 is 13.0. The van der Waals surface area contributed by atoms with Gasteiger partial charge in [0.2, 0.25) is 15.9 Å². The third kappa shape index (κ3) is 4.73. The maximum absolute atomic E-state index is 13.5. The Hall–Kier alpha value is -2.39. The highest BCUT2D eigenvalue weighted by Crippen LogP contribution is 2.36. The second kappa shape index (κ2) is 10.1. The summed E-state index contributed by atoms with van der Waals surface area (Å²) in [6.07, 6.45) is 1.05. The predicted molar refractivity (Wildman–Crippen MR) is 133 cm³/mol. The van der Waals surface area contributed by atoms with Crippen molar-refractivity contribution in [2.45, 2.75) is 44.2 Å². The van der Waals surface area contributed by atoms with E-state index in [1.54, 1.807) is 13.0 Å². The summed E-state index contributed by atoms with van der Waals surface area (Å²) in [6.45, 7) is 4.31. The van der Waals surface area contributed by atoms with Crippen LogP contribution in [0.1, 0.15) is 31.0 Å². The average Bonchev–Trinajstić information content (AvgIpc) is 3.30. The van der Waals surface area contributed by atoms with Crippen molar-refractivity contribution in [3.8, 4) is 5.75 Å². The molecule has 0 radical (unpaired) electrons. The van der Waals surface area contributed by atoms with Gasteiger partial charge < -0.3 is 10.1 Å². The number of aromatic nitrogens is 1. The van der Waals surface area contributed by atoms with Gasteiger partial charge in [-0.25, -0.2) is 13.4 Å². The lowest BCUT2D eigenvalue weighted by molar-refractivity contribution is -0.124. The van der Waals surface area contributed by atoms with E-state index in [0.717, 1.165) is 11.1 Å². The molecule has 2 heterocycles. The maximum atomic E-state index is 13.5. The number of carbonyl (C=O) groups is 1. The summed E-state index contributed by atoms with van der Waals surface area (Å²) in [7, 11) is -4.03. The molecule has 1 N–H and O–H groups in total. The summed E-state index contributed by atoms with van der Waals surface area (Å²) < 4.78 is 34.2. The first-order valence-corrected chi connectivity index (χ1v) is 13.2. The van der Waals surface area contributed by atoms with Crippen molar-refractivity contribution in [3.63, 3.8) is 0 Å². The monoisotopic (exact) mass is 521 g/mol. The number of pyridine rings is 1. The standard InChI is InChI=1S/C24H25Cl2N3O4S/c1-3-27-24(30)19-7-5-13-29(19)34(31,32)21-12-11-18(25)17(22(21)26)14-33-20-8-4-6-16-10-9-15(2)28-23(16)20/h4,6,8-12,19H,3,5,7,13-14H2,1-2H3,(H,27,30)/t19-/m0/s1. The Kier molecular flexibility index (Phi) is 7.33. The highest BCUT2D eigenvalue weighted by molar-refractivity contribution is 7.89. The van der Waals surface area contributed by atoms with E-state index in [2.05, 4.69) is 10.3 Å². The third-order valence-electron chi connectivity index (χ3n) is 5.79. The number of hydrogen-bond donors (Lipinski definition) is 1. The molecule has 1 saturated heterocycles. The van der Waals surface area contributed by atoms with E-state index in [9.17, 15) is 13.2 Å². The number of amides is 1. The molecule has 1 aliphatic rings. The summed E-state index contributed by atoms with van der Waals surface area (Å²) in [4.78, 5) is 16.9. The molecule has 1 amide bonds. The van der Waals surface area contributed by atoms with Crippen molar-refractivity contribution in [1.82, 2.24) is 14.6 Å². The maximum Gasteiger partial charge on any atom is 0.245 e. The molecule has 34 heavy (non-hydrogen) atoms. The Bertz CT molecular complexity index is 1350. The van der Waals surface area contributed by atoms with Crippen LogP contribution in [0.3, 0.4) is 0 Å². The van der Waals surface area contributed by atoms with E-state index in [4.69, 9.17) is 27.9 Å². The molecular formula is C24H25Cl2N3O4S. The zero-order valence-corrected chi connectivity index (χ0v) is 21.2. The summed E-state index contributed by atoms with van der Waals surface area (Å²) in [5.41, 5.74) is 1.89. The van der Waals surface area contributed by atoms with E-state index in [-0.39, 0.29) is 34.0 Å². The zero-order chi connectivity index (χ0) is 24.5. The fourth-order valence-electron chi connectivity index (χ4n) is 4.10. The van der Waals surface area contributed by atoms with Gasteiger partial charge in [0.15, 0.2) is 0 Å². The van der Waals surface area contributed by atoms with Gasteiger partial charge >= 0.3 is 0 Å². The minimum atomic E-state index is -4.03. The number of carbonyl (C=O) groups excluding carboxylic acids is 1. The highest BCUT2D eigenvalue weighted by Gasteiger charge is 2.40. The molecule has 4 rings (SSSR count). The van der Waals surface area contributed by atoms with Crippen molar-refractivity contribution < 1.29 is 17.9 Å². The number of ether oxygens (including phenoxy) is 1. The van der Waals surface area contributed by atoms with E-state index >= 15 is 0 Å². The summed E-state index contributed by atoms with van der Waals surface area (Å²) in [5.74, 6) is 0.230. The molecule has 1 atom stereocenters. The quantitative estimate of drug-likeness (QED) is 0.485. The topological polar surface area (TPSA) is 88.6 Å². The van der Waals surface area contributed by atoms with Gasteiger partial charge in [-0.05, 0) is 51.0 Å². The average molecular weight is 522 g/mol. The van der Waals surface area contributed by atoms with Crippen molar-refractivity contribution in [1.29, 1.82) is 0 Å². The van der Waals surface area contributed by atoms with Crippen LogP contribution >= 0.6 is 23.2 Å². The Morgan fingerprint density at radius 1 is 1.21 bits per heavy atom. The van der Waals surface area contributed by atoms with Crippen molar-refractivity contribution in [2.24, 2.45) is 0 Å².